The van der Waals surface area contributed by atoms with Crippen LogP contribution in [-0.2, 0) is 23.8 Å². The Kier molecular flexibility index (Phi) is 6.95. The molecule has 12 heteroatoms. The van der Waals surface area contributed by atoms with Crippen molar-refractivity contribution in [3.8, 4) is 0 Å². The van der Waals surface area contributed by atoms with Crippen LogP contribution in [0.5, 0.6) is 0 Å². The average molecular weight is 583 g/mol. The van der Waals surface area contributed by atoms with Gasteiger partial charge in [-0.25, -0.2) is 4.79 Å². The number of carboxylic acid groups (broad SMARTS) is 1. The monoisotopic (exact) mass is 582 g/mol. The molecular formula is C29H42O12. The Bertz CT molecular complexity index is 1130. The van der Waals surface area contributed by atoms with Gasteiger partial charge in [-0.15, -0.1) is 0 Å². The lowest BCUT2D eigenvalue weighted by molar-refractivity contribution is -0.321. The maximum atomic E-state index is 13.2. The summed E-state index contributed by atoms with van der Waals surface area (Å²) < 4.78 is 16.7. The highest BCUT2D eigenvalue weighted by Crippen LogP contribution is 2.71. The molecule has 0 radical (unpaired) electrons. The molecule has 4 saturated carbocycles. The van der Waals surface area contributed by atoms with Crippen molar-refractivity contribution < 1.29 is 59.5 Å². The third-order valence-corrected chi connectivity index (χ3v) is 12.1. The molecule has 2 aliphatic heterocycles. The molecule has 2 heterocycles. The number of aliphatic carboxylic acids is 1. The lowest BCUT2D eigenvalue weighted by Gasteiger charge is -2.66. The second-order valence-electron chi connectivity index (χ2n) is 13.6. The van der Waals surface area contributed by atoms with Gasteiger partial charge in [0.2, 0.25) is 0 Å². The molecule has 0 aromatic rings. The maximum absolute atomic E-state index is 13.2. The zero-order valence-corrected chi connectivity index (χ0v) is 23.4. The van der Waals surface area contributed by atoms with Gasteiger partial charge < -0.3 is 50.0 Å². The summed E-state index contributed by atoms with van der Waals surface area (Å²) in [7, 11) is 0. The van der Waals surface area contributed by atoms with Gasteiger partial charge in [0.1, 0.15) is 24.9 Å². The fourth-order valence-corrected chi connectivity index (χ4v) is 9.90. The first-order valence-electron chi connectivity index (χ1n) is 14.8. The molecule has 0 unspecified atom stereocenters. The number of carboxylic acids is 1. The summed E-state index contributed by atoms with van der Waals surface area (Å²) in [5.74, 6) is -3.12. The zero-order chi connectivity index (χ0) is 29.7. The summed E-state index contributed by atoms with van der Waals surface area (Å²) in [5, 5.41) is 77.5. The van der Waals surface area contributed by atoms with E-state index in [1.807, 2.05) is 6.92 Å². The first-order chi connectivity index (χ1) is 19.2. The summed E-state index contributed by atoms with van der Waals surface area (Å²) in [6, 6.07) is 0. The van der Waals surface area contributed by atoms with Crippen LogP contribution in [0.3, 0.4) is 0 Å². The number of carbonyl (C=O) groups excluding carboxylic acids is 1. The van der Waals surface area contributed by atoms with Crippen LogP contribution in [0, 0.1) is 28.6 Å². The number of fused-ring (bicyclic) bond motifs is 5. The number of aliphatic hydroxyl groups excluding tert-OH is 4. The molecular weight excluding hydrogens is 540 g/mol. The van der Waals surface area contributed by atoms with E-state index >= 15 is 0 Å². The number of cyclic esters (lactones) is 1. The van der Waals surface area contributed by atoms with Crippen molar-refractivity contribution in [2.45, 2.75) is 119 Å². The van der Waals surface area contributed by atoms with Crippen molar-refractivity contribution in [2.24, 2.45) is 28.6 Å². The van der Waals surface area contributed by atoms with Crippen molar-refractivity contribution in [2.75, 3.05) is 6.61 Å². The minimum absolute atomic E-state index is 0.0185. The van der Waals surface area contributed by atoms with Gasteiger partial charge in [-0.1, -0.05) is 6.92 Å². The van der Waals surface area contributed by atoms with Gasteiger partial charge in [-0.3, -0.25) is 4.79 Å². The van der Waals surface area contributed by atoms with Gasteiger partial charge in [0.15, 0.2) is 6.29 Å². The Morgan fingerprint density at radius 1 is 1.00 bits per heavy atom. The van der Waals surface area contributed by atoms with Gasteiger partial charge in [0.25, 0.3) is 0 Å². The Hall–Kier alpha value is -1.64. The topological polar surface area (TPSA) is 203 Å². The Morgan fingerprint density at radius 2 is 1.73 bits per heavy atom. The van der Waals surface area contributed by atoms with Crippen LogP contribution in [0.1, 0.15) is 65.2 Å². The largest absolute Gasteiger partial charge is 0.481 e. The number of ether oxygens (including phenoxy) is 3. The third kappa shape index (κ3) is 3.88. The number of carbonyl (C=O) groups is 2. The van der Waals surface area contributed by atoms with Crippen LogP contribution in [0.4, 0.5) is 0 Å². The molecule has 0 bridgehead atoms. The number of aliphatic hydroxyl groups is 6. The highest BCUT2D eigenvalue weighted by molar-refractivity contribution is 5.85. The number of hydrogen-bond acceptors (Lipinski definition) is 11. The highest BCUT2D eigenvalue weighted by Gasteiger charge is 2.75. The van der Waals surface area contributed by atoms with E-state index in [2.05, 4.69) is 0 Å². The van der Waals surface area contributed by atoms with Gasteiger partial charge in [0, 0.05) is 17.9 Å². The minimum atomic E-state index is -1.72. The predicted octanol–water partition coefficient (Wildman–Crippen LogP) is -0.393. The van der Waals surface area contributed by atoms with Crippen LogP contribution in [0.15, 0.2) is 11.6 Å². The van der Waals surface area contributed by atoms with Crippen LogP contribution in [-0.4, -0.2) is 108 Å². The zero-order valence-electron chi connectivity index (χ0n) is 23.4. The molecule has 41 heavy (non-hydrogen) atoms. The van der Waals surface area contributed by atoms with E-state index in [0.717, 1.165) is 5.57 Å². The van der Waals surface area contributed by atoms with E-state index in [0.29, 0.717) is 19.3 Å². The predicted molar refractivity (Wildman–Crippen MR) is 138 cm³/mol. The molecule has 230 valence electrons. The van der Waals surface area contributed by atoms with E-state index < -0.39 is 88.7 Å². The van der Waals surface area contributed by atoms with Crippen molar-refractivity contribution in [3.63, 3.8) is 0 Å². The van der Waals surface area contributed by atoms with Crippen molar-refractivity contribution in [1.29, 1.82) is 0 Å². The van der Waals surface area contributed by atoms with Gasteiger partial charge in [0.05, 0.1) is 34.9 Å². The molecule has 1 saturated heterocycles. The molecule has 4 aliphatic carbocycles. The fourth-order valence-electron chi connectivity index (χ4n) is 9.90. The molecule has 7 N–H and O–H groups in total. The summed E-state index contributed by atoms with van der Waals surface area (Å²) in [5.41, 5.74) is -5.05. The second-order valence-corrected chi connectivity index (χ2v) is 13.6. The normalized spacial score (nSPS) is 54.9. The van der Waals surface area contributed by atoms with E-state index in [4.69, 9.17) is 14.2 Å². The van der Waals surface area contributed by atoms with Crippen molar-refractivity contribution in [1.82, 2.24) is 0 Å². The van der Waals surface area contributed by atoms with E-state index in [9.17, 15) is 45.3 Å². The molecule has 0 aromatic heterocycles. The number of hydrogen-bond donors (Lipinski definition) is 7. The molecule has 6 rings (SSSR count). The number of rotatable bonds is 4. The Labute approximate surface area is 237 Å². The molecule has 0 aromatic carbocycles. The molecule has 0 amide bonds. The van der Waals surface area contributed by atoms with E-state index in [1.54, 1.807) is 0 Å². The Morgan fingerprint density at radius 3 is 2.39 bits per heavy atom. The molecule has 6 aliphatic rings. The summed E-state index contributed by atoms with van der Waals surface area (Å²) in [6.07, 6.45) is -5.17. The van der Waals surface area contributed by atoms with Crippen molar-refractivity contribution in [3.05, 3.63) is 11.6 Å². The van der Waals surface area contributed by atoms with Crippen LogP contribution in [0.25, 0.3) is 0 Å². The van der Waals surface area contributed by atoms with Gasteiger partial charge in [-0.2, -0.15) is 0 Å². The smallest absolute Gasteiger partial charge is 0.331 e. The maximum Gasteiger partial charge on any atom is 0.331 e. The Balaban J connectivity index is 1.28. The van der Waals surface area contributed by atoms with E-state index in [-0.39, 0.29) is 44.6 Å². The first-order valence-corrected chi connectivity index (χ1v) is 14.8. The lowest BCUT2D eigenvalue weighted by atomic mass is 9.40. The summed E-state index contributed by atoms with van der Waals surface area (Å²) in [6.45, 7) is 3.48. The van der Waals surface area contributed by atoms with Gasteiger partial charge >= 0.3 is 11.9 Å². The quantitative estimate of drug-likeness (QED) is 0.167. The fraction of sp³-hybridized carbons (Fsp3) is 0.862. The summed E-state index contributed by atoms with van der Waals surface area (Å²) in [4.78, 5) is 25.0. The number of esters is 1. The van der Waals surface area contributed by atoms with Gasteiger partial charge in [-0.05, 0) is 75.2 Å². The first kappa shape index (κ1) is 29.4. The van der Waals surface area contributed by atoms with E-state index in [1.165, 1.54) is 13.0 Å². The minimum Gasteiger partial charge on any atom is -0.481 e. The van der Waals surface area contributed by atoms with Crippen molar-refractivity contribution >= 4 is 11.9 Å². The molecule has 0 spiro atoms. The second kappa shape index (κ2) is 9.68. The standard InChI is InChI=1S/C29H42O12/c1-13-21(32)22(33)23(34)24(40-13)41-15-3-7-28(25(35)36)18-10-19(30)26(2)16(14-9-20(31)39-12-14)5-8-29(26,38)17(18)4-6-27(28,37)11-15/h9,13,15-19,21-24,30,32-34,37-38H,3-8,10-12H2,1-2H3,(H,35,36)/t13-,15+,16-,17+,18-,19-,21-,22-,23-,24+,26+,27+,28-,29+/m1/s1. The molecule has 14 atom stereocenters. The third-order valence-electron chi connectivity index (χ3n) is 12.1. The summed E-state index contributed by atoms with van der Waals surface area (Å²) >= 11 is 0. The SMILES string of the molecule is C[C@H]1O[C@@H](O[C@H]2CC[C@]3(C(=O)O)[C@@H]4C[C@@H](O)[C@]5(C)[C@@H](C6=CC(=O)OC6)CC[C@]5(O)[C@H]4CC[C@]3(O)C2)[C@H](O)[C@H](O)[C@@H]1O. The van der Waals surface area contributed by atoms with Crippen LogP contribution >= 0.6 is 0 Å². The van der Waals surface area contributed by atoms with Crippen LogP contribution < -0.4 is 0 Å². The molecule has 5 fully saturated rings. The highest BCUT2D eigenvalue weighted by atomic mass is 16.7. The van der Waals surface area contributed by atoms with Crippen LogP contribution in [0.2, 0.25) is 0 Å². The molecule has 12 nitrogen and oxygen atoms in total. The lowest BCUT2D eigenvalue weighted by Crippen LogP contribution is -2.73. The average Bonchev–Trinajstić information content (AvgIpc) is 3.46.